The summed E-state index contributed by atoms with van der Waals surface area (Å²) in [7, 11) is 0. The molecule has 0 radical (unpaired) electrons. The van der Waals surface area contributed by atoms with Gasteiger partial charge in [-0.1, -0.05) is 30.3 Å². The lowest BCUT2D eigenvalue weighted by Gasteiger charge is -2.08. The van der Waals surface area contributed by atoms with Crippen LogP contribution in [0.3, 0.4) is 0 Å². The van der Waals surface area contributed by atoms with Crippen LogP contribution in [0, 0.1) is 0 Å². The number of hydrogen-bond acceptors (Lipinski definition) is 4. The van der Waals surface area contributed by atoms with Crippen LogP contribution in [0.5, 0.6) is 5.88 Å². The van der Waals surface area contributed by atoms with Gasteiger partial charge in [0.05, 0.1) is 5.52 Å². The number of hydrogen-bond donors (Lipinski definition) is 2. The van der Waals surface area contributed by atoms with Gasteiger partial charge in [-0.3, -0.25) is 14.0 Å². The van der Waals surface area contributed by atoms with Crippen molar-refractivity contribution in [2.75, 3.05) is 6.61 Å². The highest BCUT2D eigenvalue weighted by Gasteiger charge is 2.08. The summed E-state index contributed by atoms with van der Waals surface area (Å²) in [5.74, 6) is 0.0812. The Morgan fingerprint density at radius 1 is 1.12 bits per heavy atom. The number of aromatic nitrogens is 3. The number of aromatic amines is 1. The van der Waals surface area contributed by atoms with Gasteiger partial charge in [-0.25, -0.2) is 0 Å². The molecule has 3 heterocycles. The van der Waals surface area contributed by atoms with E-state index in [1.807, 2.05) is 30.3 Å². The summed E-state index contributed by atoms with van der Waals surface area (Å²) in [6, 6.07) is 16.5. The van der Waals surface area contributed by atoms with Gasteiger partial charge in [0, 0.05) is 18.8 Å². The predicted octanol–water partition coefficient (Wildman–Crippen LogP) is 1.87. The second-order valence-electron chi connectivity index (χ2n) is 5.79. The van der Waals surface area contributed by atoms with Gasteiger partial charge in [-0.05, 0) is 23.8 Å². The number of nitrogens with one attached hydrogen (secondary N) is 2. The lowest BCUT2D eigenvalue weighted by atomic mass is 10.2. The number of pyridine rings is 1. The molecule has 4 rings (SSSR count). The number of fused-ring (bicyclic) bond motifs is 3. The molecular weight excluding hydrogens is 332 g/mol. The minimum absolute atomic E-state index is 0.135. The van der Waals surface area contributed by atoms with Crippen LogP contribution in [0.2, 0.25) is 0 Å². The van der Waals surface area contributed by atoms with Crippen LogP contribution in [-0.2, 0) is 11.3 Å². The second-order valence-corrected chi connectivity index (χ2v) is 5.79. The van der Waals surface area contributed by atoms with Gasteiger partial charge in [-0.2, -0.15) is 4.98 Å². The highest BCUT2D eigenvalue weighted by Crippen LogP contribution is 2.15. The minimum atomic E-state index is -0.233. The Bertz CT molecular complexity index is 1130. The first-order valence-electron chi connectivity index (χ1n) is 8.14. The van der Waals surface area contributed by atoms with Gasteiger partial charge in [0.15, 0.2) is 12.3 Å². The van der Waals surface area contributed by atoms with Gasteiger partial charge < -0.3 is 15.0 Å². The first-order valence-corrected chi connectivity index (χ1v) is 8.14. The topological polar surface area (TPSA) is 88.5 Å². The molecule has 0 aliphatic rings. The fraction of sp³-hybridized carbons (Fsp3) is 0.105. The van der Waals surface area contributed by atoms with Gasteiger partial charge in [0.1, 0.15) is 5.52 Å². The van der Waals surface area contributed by atoms with Crippen molar-refractivity contribution in [3.05, 3.63) is 76.7 Å². The van der Waals surface area contributed by atoms with Gasteiger partial charge >= 0.3 is 0 Å². The van der Waals surface area contributed by atoms with E-state index in [0.29, 0.717) is 29.1 Å². The molecular formula is C19H16N4O3. The Balaban J connectivity index is 1.46. The quantitative estimate of drug-likeness (QED) is 0.576. The van der Waals surface area contributed by atoms with Crippen molar-refractivity contribution in [2.24, 2.45) is 0 Å². The fourth-order valence-electron chi connectivity index (χ4n) is 2.72. The molecule has 3 aromatic heterocycles. The van der Waals surface area contributed by atoms with E-state index in [0.717, 1.165) is 5.56 Å². The number of nitrogens with zero attached hydrogens (tertiary/aromatic N) is 2. The Labute approximate surface area is 148 Å². The third-order valence-corrected chi connectivity index (χ3v) is 3.99. The first kappa shape index (κ1) is 15.9. The summed E-state index contributed by atoms with van der Waals surface area (Å²) in [5.41, 5.74) is 2.50. The Kier molecular flexibility index (Phi) is 4.10. The number of amides is 1. The number of H-pyrrole nitrogens is 1. The van der Waals surface area contributed by atoms with Crippen LogP contribution in [0.4, 0.5) is 0 Å². The molecule has 0 unspecified atom stereocenters. The smallest absolute Gasteiger partial charge is 0.272 e. The van der Waals surface area contributed by atoms with Crippen LogP contribution in [0.15, 0.2) is 65.6 Å². The summed E-state index contributed by atoms with van der Waals surface area (Å²) in [6.45, 7) is 0.308. The lowest BCUT2D eigenvalue weighted by Crippen LogP contribution is -2.28. The molecule has 0 atom stereocenters. The van der Waals surface area contributed by atoms with Crippen molar-refractivity contribution in [3.8, 4) is 5.88 Å². The molecule has 4 aromatic rings. The molecule has 0 fully saturated rings. The monoisotopic (exact) mass is 348 g/mol. The Hall–Kier alpha value is -3.61. The Morgan fingerprint density at radius 3 is 2.81 bits per heavy atom. The molecule has 7 heteroatoms. The SMILES string of the molecule is O=C(COc1ccc2[nH]c(=O)c3cccn3c2n1)NCc1ccccc1. The molecule has 130 valence electrons. The minimum Gasteiger partial charge on any atom is -0.468 e. The van der Waals surface area contributed by atoms with Crippen molar-refractivity contribution in [2.45, 2.75) is 6.54 Å². The van der Waals surface area contributed by atoms with Crippen molar-refractivity contribution >= 4 is 22.6 Å². The van der Waals surface area contributed by atoms with E-state index in [1.165, 1.54) is 0 Å². The summed E-state index contributed by atoms with van der Waals surface area (Å²) >= 11 is 0. The first-order chi connectivity index (χ1) is 12.7. The molecule has 0 aliphatic carbocycles. The Morgan fingerprint density at radius 2 is 1.96 bits per heavy atom. The molecule has 1 amide bonds. The zero-order valence-corrected chi connectivity index (χ0v) is 13.8. The number of carbonyl (C=O) groups excluding carboxylic acids is 1. The highest BCUT2D eigenvalue weighted by atomic mass is 16.5. The molecule has 0 aliphatic heterocycles. The van der Waals surface area contributed by atoms with E-state index in [4.69, 9.17) is 4.74 Å². The van der Waals surface area contributed by atoms with Crippen LogP contribution >= 0.6 is 0 Å². The van der Waals surface area contributed by atoms with E-state index in [-0.39, 0.29) is 18.1 Å². The highest BCUT2D eigenvalue weighted by molar-refractivity contribution is 5.78. The average molecular weight is 348 g/mol. The fourth-order valence-corrected chi connectivity index (χ4v) is 2.72. The zero-order valence-electron chi connectivity index (χ0n) is 13.8. The van der Waals surface area contributed by atoms with Crippen molar-refractivity contribution in [3.63, 3.8) is 0 Å². The number of benzene rings is 1. The van der Waals surface area contributed by atoms with E-state index >= 15 is 0 Å². The van der Waals surface area contributed by atoms with E-state index in [1.54, 1.807) is 34.9 Å². The van der Waals surface area contributed by atoms with Crippen molar-refractivity contribution in [1.82, 2.24) is 19.7 Å². The van der Waals surface area contributed by atoms with Crippen molar-refractivity contribution < 1.29 is 9.53 Å². The summed E-state index contributed by atoms with van der Waals surface area (Å²) in [6.07, 6.45) is 1.76. The second kappa shape index (κ2) is 6.72. The largest absolute Gasteiger partial charge is 0.468 e. The van der Waals surface area contributed by atoms with Gasteiger partial charge in [-0.15, -0.1) is 0 Å². The third-order valence-electron chi connectivity index (χ3n) is 3.99. The number of ether oxygens (including phenoxy) is 1. The van der Waals surface area contributed by atoms with Crippen LogP contribution < -0.4 is 15.6 Å². The molecule has 0 saturated heterocycles. The molecule has 26 heavy (non-hydrogen) atoms. The molecule has 0 saturated carbocycles. The maximum atomic E-state index is 12.0. The summed E-state index contributed by atoms with van der Waals surface area (Å²) in [5, 5.41) is 2.79. The maximum Gasteiger partial charge on any atom is 0.272 e. The molecule has 0 spiro atoms. The average Bonchev–Trinajstić information content (AvgIpc) is 3.17. The predicted molar refractivity (Wildman–Crippen MR) is 97.1 cm³/mol. The number of carbonyl (C=O) groups is 1. The zero-order chi connectivity index (χ0) is 17.9. The summed E-state index contributed by atoms with van der Waals surface area (Å²) < 4.78 is 7.18. The third kappa shape index (κ3) is 3.14. The normalized spacial score (nSPS) is 10.9. The lowest BCUT2D eigenvalue weighted by molar-refractivity contribution is -0.123. The number of rotatable bonds is 5. The van der Waals surface area contributed by atoms with Crippen molar-refractivity contribution in [1.29, 1.82) is 0 Å². The summed E-state index contributed by atoms with van der Waals surface area (Å²) in [4.78, 5) is 31.1. The molecule has 7 nitrogen and oxygen atoms in total. The standard InChI is InChI=1S/C19H16N4O3/c24-16(20-11-13-5-2-1-3-6-13)12-26-17-9-8-14-18(22-17)23-10-4-7-15(23)19(25)21-14/h1-10H,11-12H2,(H,20,24)(H,21,25). The van der Waals surface area contributed by atoms with Gasteiger partial charge in [0.25, 0.3) is 11.5 Å². The molecule has 2 N–H and O–H groups in total. The van der Waals surface area contributed by atoms with Crippen LogP contribution in [0.25, 0.3) is 16.7 Å². The van der Waals surface area contributed by atoms with Crippen LogP contribution in [0.1, 0.15) is 5.56 Å². The van der Waals surface area contributed by atoms with E-state index in [2.05, 4.69) is 15.3 Å². The molecule has 0 bridgehead atoms. The van der Waals surface area contributed by atoms with E-state index < -0.39 is 0 Å². The van der Waals surface area contributed by atoms with Gasteiger partial charge in [0.2, 0.25) is 5.88 Å². The van der Waals surface area contributed by atoms with E-state index in [9.17, 15) is 9.59 Å². The maximum absolute atomic E-state index is 12.0. The van der Waals surface area contributed by atoms with Crippen LogP contribution in [-0.4, -0.2) is 26.9 Å². The molecule has 1 aromatic carbocycles.